The number of carbonyl (C=O) groups is 2. The highest BCUT2D eigenvalue weighted by atomic mass is 32.2. The summed E-state index contributed by atoms with van der Waals surface area (Å²) in [5, 5.41) is 18.7. The number of benzene rings is 3. The monoisotopic (exact) mass is 410 g/mol. The molecule has 0 aliphatic carbocycles. The van der Waals surface area contributed by atoms with Crippen molar-refractivity contribution in [3.8, 4) is 0 Å². The minimum Gasteiger partial charge on any atom is -0.478 e. The van der Waals surface area contributed by atoms with Gasteiger partial charge in [0.2, 0.25) is 0 Å². The second-order valence-corrected chi connectivity index (χ2v) is 7.98. The molecule has 0 atom stereocenters. The zero-order chi connectivity index (χ0) is 19.9. The molecular formula is C22H18O4S2. The van der Waals surface area contributed by atoms with Gasteiger partial charge in [0.1, 0.15) is 0 Å². The molecule has 6 heteroatoms. The zero-order valence-corrected chi connectivity index (χ0v) is 16.5. The van der Waals surface area contributed by atoms with Crippen molar-refractivity contribution in [3.05, 3.63) is 95.1 Å². The van der Waals surface area contributed by atoms with Crippen molar-refractivity contribution < 1.29 is 19.8 Å². The summed E-state index contributed by atoms with van der Waals surface area (Å²) in [6.07, 6.45) is 0. The molecule has 3 rings (SSSR count). The summed E-state index contributed by atoms with van der Waals surface area (Å²) >= 11 is 2.98. The lowest BCUT2D eigenvalue weighted by molar-refractivity contribution is 0.0682. The van der Waals surface area contributed by atoms with Gasteiger partial charge < -0.3 is 10.2 Å². The Labute approximate surface area is 171 Å². The van der Waals surface area contributed by atoms with E-state index in [0.717, 1.165) is 20.9 Å². The molecule has 0 fully saturated rings. The third-order valence-electron chi connectivity index (χ3n) is 4.12. The highest BCUT2D eigenvalue weighted by Gasteiger charge is 2.12. The van der Waals surface area contributed by atoms with Gasteiger partial charge in [-0.25, -0.2) is 9.59 Å². The maximum atomic E-state index is 11.4. The quantitative estimate of drug-likeness (QED) is 0.466. The van der Waals surface area contributed by atoms with Crippen molar-refractivity contribution in [2.45, 2.75) is 21.3 Å². The van der Waals surface area contributed by atoms with Crippen molar-refractivity contribution in [3.63, 3.8) is 0 Å². The molecule has 3 aromatic carbocycles. The Morgan fingerprint density at radius 1 is 0.607 bits per heavy atom. The van der Waals surface area contributed by atoms with Gasteiger partial charge in [-0.15, -0.1) is 23.5 Å². The van der Waals surface area contributed by atoms with E-state index in [-0.39, 0.29) is 0 Å². The highest BCUT2D eigenvalue weighted by molar-refractivity contribution is 7.99. The molecule has 0 saturated heterocycles. The van der Waals surface area contributed by atoms with Crippen LogP contribution in [0.1, 0.15) is 31.8 Å². The van der Waals surface area contributed by atoms with Crippen LogP contribution in [-0.2, 0) is 11.5 Å². The zero-order valence-electron chi connectivity index (χ0n) is 14.9. The first-order valence-electron chi connectivity index (χ1n) is 8.53. The Morgan fingerprint density at radius 2 is 0.964 bits per heavy atom. The molecule has 0 saturated carbocycles. The lowest BCUT2D eigenvalue weighted by Crippen LogP contribution is -1.99. The van der Waals surface area contributed by atoms with Crippen LogP contribution in [0.2, 0.25) is 0 Å². The van der Waals surface area contributed by atoms with E-state index in [1.54, 1.807) is 24.3 Å². The van der Waals surface area contributed by atoms with E-state index in [1.807, 2.05) is 48.5 Å². The molecule has 0 aromatic heterocycles. The summed E-state index contributed by atoms with van der Waals surface area (Å²) in [5.74, 6) is -0.585. The van der Waals surface area contributed by atoms with E-state index in [2.05, 4.69) is 0 Å². The van der Waals surface area contributed by atoms with E-state index in [4.69, 9.17) is 0 Å². The fourth-order valence-corrected chi connectivity index (χ4v) is 4.85. The number of rotatable bonds is 8. The SMILES string of the molecule is O=C(O)c1ccccc1SCc1ccccc1CSc1ccccc1C(=O)O. The van der Waals surface area contributed by atoms with E-state index in [0.29, 0.717) is 22.6 Å². The average Bonchev–Trinajstić information content (AvgIpc) is 2.71. The minimum atomic E-state index is -0.933. The molecule has 0 amide bonds. The Balaban J connectivity index is 1.74. The molecule has 0 spiro atoms. The van der Waals surface area contributed by atoms with Gasteiger partial charge >= 0.3 is 11.9 Å². The lowest BCUT2D eigenvalue weighted by Gasteiger charge is -2.11. The molecule has 0 heterocycles. The first-order valence-corrected chi connectivity index (χ1v) is 10.5. The van der Waals surface area contributed by atoms with Crippen LogP contribution in [-0.4, -0.2) is 22.2 Å². The van der Waals surface area contributed by atoms with E-state index in [9.17, 15) is 19.8 Å². The maximum Gasteiger partial charge on any atom is 0.336 e. The number of carboxylic acids is 2. The number of carboxylic acid groups (broad SMARTS) is 2. The standard InChI is InChI=1S/C22H18O4S2/c23-21(24)17-9-3-5-11-19(17)27-13-15-7-1-2-8-16(15)14-28-20-12-6-4-10-18(20)22(25)26/h1-12H,13-14H2,(H,23,24)(H,25,26). The van der Waals surface area contributed by atoms with Crippen LogP contribution in [0, 0.1) is 0 Å². The van der Waals surface area contributed by atoms with Crippen LogP contribution >= 0.6 is 23.5 Å². The van der Waals surface area contributed by atoms with E-state index >= 15 is 0 Å². The number of hydrogen-bond donors (Lipinski definition) is 2. The summed E-state index contributed by atoms with van der Waals surface area (Å²) in [6.45, 7) is 0. The van der Waals surface area contributed by atoms with Gasteiger partial charge in [0.05, 0.1) is 11.1 Å². The van der Waals surface area contributed by atoms with Gasteiger partial charge in [-0.3, -0.25) is 0 Å². The predicted molar refractivity (Wildman–Crippen MR) is 112 cm³/mol. The Hall–Kier alpha value is -2.70. The Bertz CT molecular complexity index is 921. The molecule has 142 valence electrons. The summed E-state index contributed by atoms with van der Waals surface area (Å²) in [4.78, 5) is 24.2. The number of aromatic carboxylic acids is 2. The first kappa shape index (κ1) is 20.0. The van der Waals surface area contributed by atoms with Crippen molar-refractivity contribution >= 4 is 35.5 Å². The first-order chi connectivity index (χ1) is 13.6. The van der Waals surface area contributed by atoms with Crippen molar-refractivity contribution in [2.75, 3.05) is 0 Å². The van der Waals surface area contributed by atoms with E-state index < -0.39 is 11.9 Å². The van der Waals surface area contributed by atoms with Crippen molar-refractivity contribution in [1.82, 2.24) is 0 Å². The molecular weight excluding hydrogens is 392 g/mol. The molecule has 4 nitrogen and oxygen atoms in total. The van der Waals surface area contributed by atoms with Crippen LogP contribution in [0.25, 0.3) is 0 Å². The van der Waals surface area contributed by atoms with Crippen LogP contribution in [0.5, 0.6) is 0 Å². The van der Waals surface area contributed by atoms with Crippen LogP contribution < -0.4 is 0 Å². The summed E-state index contributed by atoms with van der Waals surface area (Å²) in [7, 11) is 0. The van der Waals surface area contributed by atoms with Gasteiger partial charge in [0.15, 0.2) is 0 Å². The predicted octanol–water partition coefficient (Wildman–Crippen LogP) is 5.67. The molecule has 3 aromatic rings. The lowest BCUT2D eigenvalue weighted by atomic mass is 10.1. The molecule has 2 N–H and O–H groups in total. The molecule has 0 aliphatic heterocycles. The van der Waals surface area contributed by atoms with Gasteiger partial charge in [-0.2, -0.15) is 0 Å². The van der Waals surface area contributed by atoms with Crippen LogP contribution in [0.3, 0.4) is 0 Å². The highest BCUT2D eigenvalue weighted by Crippen LogP contribution is 2.31. The molecule has 0 radical (unpaired) electrons. The topological polar surface area (TPSA) is 74.6 Å². The third-order valence-corrected chi connectivity index (χ3v) is 6.36. The molecule has 0 bridgehead atoms. The van der Waals surface area contributed by atoms with Crippen LogP contribution in [0.4, 0.5) is 0 Å². The second kappa shape index (κ2) is 9.48. The Kier molecular flexibility index (Phi) is 6.79. The Morgan fingerprint density at radius 3 is 1.36 bits per heavy atom. The van der Waals surface area contributed by atoms with Crippen molar-refractivity contribution in [1.29, 1.82) is 0 Å². The largest absolute Gasteiger partial charge is 0.478 e. The number of thioether (sulfide) groups is 2. The van der Waals surface area contributed by atoms with Gasteiger partial charge in [0.25, 0.3) is 0 Å². The number of hydrogen-bond acceptors (Lipinski definition) is 4. The smallest absolute Gasteiger partial charge is 0.336 e. The maximum absolute atomic E-state index is 11.4. The van der Waals surface area contributed by atoms with Crippen LogP contribution in [0.15, 0.2) is 82.6 Å². The fraction of sp³-hybridized carbons (Fsp3) is 0.0909. The third kappa shape index (κ3) is 4.97. The van der Waals surface area contributed by atoms with E-state index in [1.165, 1.54) is 23.5 Å². The molecule has 0 unspecified atom stereocenters. The molecule has 0 aliphatic rings. The van der Waals surface area contributed by atoms with Crippen molar-refractivity contribution in [2.24, 2.45) is 0 Å². The summed E-state index contributed by atoms with van der Waals surface area (Å²) < 4.78 is 0. The summed E-state index contributed by atoms with van der Waals surface area (Å²) in [6, 6.07) is 21.9. The average molecular weight is 411 g/mol. The normalized spacial score (nSPS) is 10.6. The molecule has 28 heavy (non-hydrogen) atoms. The van der Waals surface area contributed by atoms with Gasteiger partial charge in [-0.05, 0) is 35.4 Å². The summed E-state index contributed by atoms with van der Waals surface area (Å²) in [5.41, 5.74) is 2.81. The van der Waals surface area contributed by atoms with Gasteiger partial charge in [0, 0.05) is 21.3 Å². The fourth-order valence-electron chi connectivity index (χ4n) is 2.69. The minimum absolute atomic E-state index is 0.301. The second-order valence-electron chi connectivity index (χ2n) is 5.95. The van der Waals surface area contributed by atoms with Gasteiger partial charge in [-0.1, -0.05) is 48.5 Å².